The number of allylic oxidation sites excluding steroid dienone is 2. The van der Waals surface area contributed by atoms with Gasteiger partial charge in [-0.25, -0.2) is 4.79 Å². The lowest BCUT2D eigenvalue weighted by atomic mass is 9.94. The van der Waals surface area contributed by atoms with Gasteiger partial charge < -0.3 is 24.1 Å². The minimum absolute atomic E-state index is 0.0584. The molecule has 1 heterocycles. The van der Waals surface area contributed by atoms with E-state index >= 15 is 0 Å². The highest BCUT2D eigenvalue weighted by Gasteiger charge is 2.31. The summed E-state index contributed by atoms with van der Waals surface area (Å²) in [7, 11) is 2.98. The Labute approximate surface area is 152 Å². The zero-order valence-electron chi connectivity index (χ0n) is 15.5. The van der Waals surface area contributed by atoms with E-state index in [2.05, 4.69) is 4.74 Å². The Bertz CT molecular complexity index is 734. The highest BCUT2D eigenvalue weighted by molar-refractivity contribution is 5.98. The van der Waals surface area contributed by atoms with Crippen molar-refractivity contribution in [2.24, 2.45) is 0 Å². The molecule has 0 amide bonds. The summed E-state index contributed by atoms with van der Waals surface area (Å²) in [6.07, 6.45) is 3.03. The number of carbonyl (C=O) groups is 2. The summed E-state index contributed by atoms with van der Waals surface area (Å²) in [5.41, 5.74) is 3.16. The van der Waals surface area contributed by atoms with E-state index < -0.39 is 5.97 Å². The third-order valence-corrected chi connectivity index (χ3v) is 4.36. The molecule has 0 atom stereocenters. The van der Waals surface area contributed by atoms with Gasteiger partial charge in [-0.05, 0) is 32.3 Å². The molecule has 0 saturated heterocycles. The average molecular weight is 364 g/mol. The number of rotatable bonds is 8. The van der Waals surface area contributed by atoms with E-state index in [0.29, 0.717) is 29.7 Å². The zero-order chi connectivity index (χ0) is 19.3. The highest BCUT2D eigenvalue weighted by atomic mass is 16.7. The van der Waals surface area contributed by atoms with Crippen LogP contribution in [0.1, 0.15) is 46.8 Å². The minimum Gasteiger partial charge on any atom is -0.507 e. The molecule has 7 heteroatoms. The van der Waals surface area contributed by atoms with Crippen LogP contribution in [-0.2, 0) is 32.0 Å². The quantitative estimate of drug-likeness (QED) is 0.431. The van der Waals surface area contributed by atoms with Crippen molar-refractivity contribution < 1.29 is 33.6 Å². The molecule has 0 saturated carbocycles. The van der Waals surface area contributed by atoms with Gasteiger partial charge in [0, 0.05) is 24.7 Å². The molecule has 7 nitrogen and oxygen atoms in total. The van der Waals surface area contributed by atoms with E-state index in [1.165, 1.54) is 14.2 Å². The van der Waals surface area contributed by atoms with Crippen LogP contribution >= 0.6 is 0 Å². The number of hydrogen-bond acceptors (Lipinski definition) is 7. The number of phenols is 1. The van der Waals surface area contributed by atoms with Crippen molar-refractivity contribution in [3.63, 3.8) is 0 Å². The van der Waals surface area contributed by atoms with Crippen LogP contribution in [0.15, 0.2) is 11.6 Å². The number of benzene rings is 1. The highest BCUT2D eigenvalue weighted by Crippen LogP contribution is 2.42. The number of methoxy groups -OCH3 is 2. The van der Waals surface area contributed by atoms with Gasteiger partial charge in [0.05, 0.1) is 7.11 Å². The fraction of sp³-hybridized carbons (Fsp3) is 0.474. The molecule has 0 spiro atoms. The van der Waals surface area contributed by atoms with Gasteiger partial charge in [0.1, 0.15) is 23.7 Å². The number of aromatic hydroxyl groups is 1. The van der Waals surface area contributed by atoms with Crippen LogP contribution in [0.5, 0.6) is 11.5 Å². The molecule has 142 valence electrons. The van der Waals surface area contributed by atoms with E-state index in [1.54, 1.807) is 0 Å². The molecule has 1 N–H and O–H groups in total. The molecule has 0 radical (unpaired) electrons. The molecule has 0 fully saturated rings. The number of ether oxygens (including phenoxy) is 4. The lowest BCUT2D eigenvalue weighted by Gasteiger charge is -2.15. The number of fused-ring (bicyclic) bond motifs is 1. The predicted molar refractivity (Wildman–Crippen MR) is 93.2 cm³/mol. The number of cyclic esters (lactones) is 1. The second kappa shape index (κ2) is 8.71. The number of hydrogen-bond donors (Lipinski definition) is 1. The molecule has 26 heavy (non-hydrogen) atoms. The van der Waals surface area contributed by atoms with Gasteiger partial charge >= 0.3 is 11.9 Å². The molecule has 1 aliphatic heterocycles. The summed E-state index contributed by atoms with van der Waals surface area (Å²) in [4.78, 5) is 23.4. The monoisotopic (exact) mass is 364 g/mol. The van der Waals surface area contributed by atoms with Crippen LogP contribution in [0.2, 0.25) is 0 Å². The maximum atomic E-state index is 11.9. The molecule has 1 aromatic rings. The van der Waals surface area contributed by atoms with E-state index in [1.807, 2.05) is 19.9 Å². The van der Waals surface area contributed by atoms with Crippen molar-refractivity contribution in [2.45, 2.75) is 39.7 Å². The van der Waals surface area contributed by atoms with Crippen LogP contribution in [0.3, 0.4) is 0 Å². The van der Waals surface area contributed by atoms with Gasteiger partial charge in [0.25, 0.3) is 0 Å². The fourth-order valence-corrected chi connectivity index (χ4v) is 2.90. The maximum Gasteiger partial charge on any atom is 0.342 e. The van der Waals surface area contributed by atoms with Crippen LogP contribution < -0.4 is 4.74 Å². The third kappa shape index (κ3) is 4.16. The topological polar surface area (TPSA) is 91.3 Å². The summed E-state index contributed by atoms with van der Waals surface area (Å²) >= 11 is 0. The fourth-order valence-electron chi connectivity index (χ4n) is 2.90. The van der Waals surface area contributed by atoms with E-state index in [9.17, 15) is 14.7 Å². The molecule has 1 aromatic carbocycles. The lowest BCUT2D eigenvalue weighted by Crippen LogP contribution is -2.06. The van der Waals surface area contributed by atoms with E-state index in [0.717, 1.165) is 11.1 Å². The van der Waals surface area contributed by atoms with Gasteiger partial charge in [-0.15, -0.1) is 0 Å². The Balaban J connectivity index is 2.16. The molecule has 0 bridgehead atoms. The predicted octanol–water partition coefficient (Wildman–Crippen LogP) is 2.80. The van der Waals surface area contributed by atoms with Gasteiger partial charge in [-0.3, -0.25) is 4.79 Å². The molecule has 0 aliphatic carbocycles. The average Bonchev–Trinajstić information content (AvgIpc) is 3.02. The van der Waals surface area contributed by atoms with Crippen molar-refractivity contribution in [3.8, 4) is 11.5 Å². The van der Waals surface area contributed by atoms with Crippen LogP contribution in [-0.4, -0.2) is 38.1 Å². The van der Waals surface area contributed by atoms with Crippen molar-refractivity contribution in [2.75, 3.05) is 21.0 Å². The Morgan fingerprint density at radius 3 is 2.69 bits per heavy atom. The smallest absolute Gasteiger partial charge is 0.342 e. The first kappa shape index (κ1) is 19.8. The largest absolute Gasteiger partial charge is 0.507 e. The first-order chi connectivity index (χ1) is 12.4. The Morgan fingerprint density at radius 2 is 2.04 bits per heavy atom. The van der Waals surface area contributed by atoms with Gasteiger partial charge in [0.2, 0.25) is 0 Å². The van der Waals surface area contributed by atoms with E-state index in [-0.39, 0.29) is 37.1 Å². The molecular weight excluding hydrogens is 340 g/mol. The molecule has 0 aromatic heterocycles. The van der Waals surface area contributed by atoms with Crippen LogP contribution in [0.4, 0.5) is 0 Å². The summed E-state index contributed by atoms with van der Waals surface area (Å²) in [5, 5.41) is 10.5. The van der Waals surface area contributed by atoms with Crippen molar-refractivity contribution >= 4 is 11.9 Å². The summed E-state index contributed by atoms with van der Waals surface area (Å²) in [5.74, 6) is -0.418. The zero-order valence-corrected chi connectivity index (χ0v) is 15.5. The van der Waals surface area contributed by atoms with Crippen molar-refractivity contribution in [3.05, 3.63) is 33.9 Å². The summed E-state index contributed by atoms with van der Waals surface area (Å²) < 4.78 is 20.0. The first-order valence-corrected chi connectivity index (χ1v) is 8.29. The van der Waals surface area contributed by atoms with Gasteiger partial charge in [-0.2, -0.15) is 0 Å². The SMILES string of the molecule is COCOC(=O)CCC(C)=CCc1c(O)c2c(c(C)c1OC)COC2=O. The molecule has 0 unspecified atom stereocenters. The van der Waals surface area contributed by atoms with Crippen LogP contribution in [0, 0.1) is 6.92 Å². The van der Waals surface area contributed by atoms with Gasteiger partial charge in [0.15, 0.2) is 6.79 Å². The number of esters is 2. The van der Waals surface area contributed by atoms with Gasteiger partial charge in [-0.1, -0.05) is 11.6 Å². The molecule has 1 aliphatic rings. The normalized spacial score (nSPS) is 13.4. The summed E-state index contributed by atoms with van der Waals surface area (Å²) in [6.45, 7) is 3.81. The second-order valence-corrected chi connectivity index (χ2v) is 6.09. The van der Waals surface area contributed by atoms with Crippen LogP contribution in [0.25, 0.3) is 0 Å². The summed E-state index contributed by atoms with van der Waals surface area (Å²) in [6, 6.07) is 0. The van der Waals surface area contributed by atoms with E-state index in [4.69, 9.17) is 14.2 Å². The number of carbonyl (C=O) groups excluding carboxylic acids is 2. The molecular formula is C19H24O7. The Kier molecular flexibility index (Phi) is 6.63. The third-order valence-electron chi connectivity index (χ3n) is 4.36. The number of phenolic OH excluding ortho intramolecular Hbond substituents is 1. The van der Waals surface area contributed by atoms with Crippen molar-refractivity contribution in [1.82, 2.24) is 0 Å². The van der Waals surface area contributed by atoms with Crippen molar-refractivity contribution in [1.29, 1.82) is 0 Å². The lowest BCUT2D eigenvalue weighted by molar-refractivity contribution is -0.153. The second-order valence-electron chi connectivity index (χ2n) is 6.09. The minimum atomic E-state index is -0.522. The first-order valence-electron chi connectivity index (χ1n) is 8.29. The standard InChI is InChI=1S/C19H24O7/c1-11(6-8-15(20)26-10-23-3)5-7-13-17(21)16-14(9-25-19(16)22)12(2)18(13)24-4/h5,21H,6-10H2,1-4H3. The molecule has 2 rings (SSSR count). The maximum absolute atomic E-state index is 11.9. The Morgan fingerprint density at radius 1 is 1.31 bits per heavy atom. The Hall–Kier alpha value is -2.54.